The van der Waals surface area contributed by atoms with Gasteiger partial charge in [-0.1, -0.05) is 30.4 Å². The van der Waals surface area contributed by atoms with Gasteiger partial charge in [-0.25, -0.2) is 0 Å². The second-order valence-corrected chi connectivity index (χ2v) is 6.29. The minimum Gasteiger partial charge on any atom is -0.385 e. The molecule has 6 nitrogen and oxygen atoms in total. The average molecular weight is 356 g/mol. The number of allylic oxidation sites excluding steroid dienone is 6. The van der Waals surface area contributed by atoms with Gasteiger partial charge in [0.25, 0.3) is 0 Å². The maximum Gasteiger partial charge on any atom is 0.212 e. The van der Waals surface area contributed by atoms with E-state index in [1.807, 2.05) is 42.0 Å². The second-order valence-electron chi connectivity index (χ2n) is 6.29. The summed E-state index contributed by atoms with van der Waals surface area (Å²) in [4.78, 5) is 22.5. The van der Waals surface area contributed by atoms with Crippen molar-refractivity contribution in [3.63, 3.8) is 0 Å². The zero-order valence-corrected chi connectivity index (χ0v) is 14.6. The Bertz CT molecular complexity index is 1210. The summed E-state index contributed by atoms with van der Waals surface area (Å²) in [6.07, 6.45) is 12.9. The van der Waals surface area contributed by atoms with Crippen LogP contribution in [0.2, 0.25) is 0 Å². The van der Waals surface area contributed by atoms with Crippen molar-refractivity contribution in [3.8, 4) is 0 Å². The fraction of sp³-hybridized carbons (Fsp3) is 0.0952. The van der Waals surface area contributed by atoms with Gasteiger partial charge in [0.15, 0.2) is 5.69 Å². The molecule has 0 unspecified atom stereocenters. The van der Waals surface area contributed by atoms with E-state index in [9.17, 15) is 9.70 Å². The van der Waals surface area contributed by atoms with Crippen molar-refractivity contribution < 1.29 is 0 Å². The lowest BCUT2D eigenvalue weighted by Gasteiger charge is -2.12. The highest BCUT2D eigenvalue weighted by atomic mass is 16.3. The number of nitrogens with two attached hydrogens (primary N) is 1. The lowest BCUT2D eigenvalue weighted by Crippen LogP contribution is -2.11. The minimum absolute atomic E-state index is 0.165. The molecule has 1 aliphatic carbocycles. The number of aryl methyl sites for hydroxylation is 1. The molecule has 1 aromatic carbocycles. The van der Waals surface area contributed by atoms with Crippen molar-refractivity contribution in [2.24, 2.45) is 12.2 Å². The van der Waals surface area contributed by atoms with Gasteiger partial charge >= 0.3 is 0 Å². The van der Waals surface area contributed by atoms with E-state index in [0.717, 1.165) is 27.7 Å². The van der Waals surface area contributed by atoms with Crippen LogP contribution in [-0.4, -0.2) is 9.13 Å². The molecule has 0 amide bonds. The van der Waals surface area contributed by atoms with Crippen LogP contribution < -0.4 is 11.2 Å². The number of hydrogen-bond donors (Lipinski definition) is 1. The maximum absolute atomic E-state index is 11.7. The first-order valence-corrected chi connectivity index (χ1v) is 8.40. The molecule has 4 rings (SSSR count). The van der Waals surface area contributed by atoms with E-state index in [2.05, 4.69) is 29.6 Å². The Balaban J connectivity index is 1.74. The number of hydrogen-bond acceptors (Lipinski definition) is 4. The molecule has 6 heteroatoms. The highest BCUT2D eigenvalue weighted by Crippen LogP contribution is 2.29. The van der Waals surface area contributed by atoms with Crippen molar-refractivity contribution in [2.45, 2.75) is 6.42 Å². The van der Waals surface area contributed by atoms with E-state index >= 15 is 0 Å². The van der Waals surface area contributed by atoms with Crippen LogP contribution in [-0.2, 0) is 7.05 Å². The van der Waals surface area contributed by atoms with Crippen LogP contribution in [0.15, 0.2) is 64.7 Å². The molecule has 0 fully saturated rings. The summed E-state index contributed by atoms with van der Waals surface area (Å²) in [5.41, 5.74) is 9.34. The van der Waals surface area contributed by atoms with Gasteiger partial charge in [-0.3, -0.25) is 4.79 Å². The summed E-state index contributed by atoms with van der Waals surface area (Å²) >= 11 is 0. The fourth-order valence-corrected chi connectivity index (χ4v) is 3.24. The van der Waals surface area contributed by atoms with Crippen LogP contribution in [0, 0.1) is 17.2 Å². The van der Waals surface area contributed by atoms with Gasteiger partial charge in [-0.15, -0.1) is 4.91 Å². The lowest BCUT2D eigenvalue weighted by molar-refractivity contribution is 0.970. The zero-order chi connectivity index (χ0) is 19.0. The van der Waals surface area contributed by atoms with Gasteiger partial charge in [-0.05, 0) is 34.5 Å². The Kier molecular flexibility index (Phi) is 3.98. The van der Waals surface area contributed by atoms with Crippen LogP contribution in [0.1, 0.15) is 12.0 Å². The fourth-order valence-electron chi connectivity index (χ4n) is 3.24. The first kappa shape index (κ1) is 16.6. The summed E-state index contributed by atoms with van der Waals surface area (Å²) in [5, 5.41) is 3.79. The summed E-state index contributed by atoms with van der Waals surface area (Å²) in [6, 6.07) is 10.5. The van der Waals surface area contributed by atoms with Gasteiger partial charge in [0.1, 0.15) is 5.82 Å². The van der Waals surface area contributed by atoms with Crippen LogP contribution in [0.3, 0.4) is 0 Å². The first-order valence-electron chi connectivity index (χ1n) is 8.40. The molecule has 0 aliphatic heterocycles. The molecular weight excluding hydrogens is 340 g/mol. The molecule has 27 heavy (non-hydrogen) atoms. The molecule has 0 spiro atoms. The topological polar surface area (TPSA) is 82.4 Å². The molecule has 3 aromatic rings. The van der Waals surface area contributed by atoms with Crippen molar-refractivity contribution in [1.82, 2.24) is 9.13 Å². The van der Waals surface area contributed by atoms with Gasteiger partial charge in [-0.2, -0.15) is 0 Å². The lowest BCUT2D eigenvalue weighted by atomic mass is 10.0. The van der Waals surface area contributed by atoms with Crippen molar-refractivity contribution in [3.05, 3.63) is 87.7 Å². The number of nitroso groups, excluding NO2 is 1. The van der Waals surface area contributed by atoms with E-state index in [4.69, 9.17) is 5.73 Å². The van der Waals surface area contributed by atoms with E-state index in [1.165, 1.54) is 12.3 Å². The predicted molar refractivity (Wildman–Crippen MR) is 107 cm³/mol. The van der Waals surface area contributed by atoms with Crippen LogP contribution in [0.5, 0.6) is 0 Å². The maximum atomic E-state index is 11.7. The predicted octanol–water partition coefficient (Wildman–Crippen LogP) is 3.80. The van der Waals surface area contributed by atoms with E-state index in [-0.39, 0.29) is 11.5 Å². The molecule has 0 atom stereocenters. The number of aromatic nitrogens is 2. The Morgan fingerprint density at radius 3 is 2.96 bits per heavy atom. The zero-order valence-electron chi connectivity index (χ0n) is 14.6. The number of anilines is 1. The Morgan fingerprint density at radius 2 is 2.15 bits per heavy atom. The Hall–Kier alpha value is -3.85. The molecule has 1 aliphatic rings. The van der Waals surface area contributed by atoms with Crippen LogP contribution in [0.25, 0.3) is 22.2 Å². The summed E-state index contributed by atoms with van der Waals surface area (Å²) in [7, 11) is 1.94. The smallest absolute Gasteiger partial charge is 0.212 e. The molecule has 0 bridgehead atoms. The average Bonchev–Trinajstić information content (AvgIpc) is 2.89. The Labute approximate surface area is 155 Å². The van der Waals surface area contributed by atoms with Crippen LogP contribution >= 0.6 is 0 Å². The third kappa shape index (κ3) is 2.85. The first-order chi connectivity index (χ1) is 13.1. The third-order valence-electron chi connectivity index (χ3n) is 4.63. The molecule has 132 valence electrons. The highest BCUT2D eigenvalue weighted by Gasteiger charge is 2.11. The Morgan fingerprint density at radius 1 is 1.30 bits per heavy atom. The van der Waals surface area contributed by atoms with Crippen molar-refractivity contribution >= 4 is 33.7 Å². The summed E-state index contributed by atoms with van der Waals surface area (Å²) in [6.45, 7) is 0. The van der Waals surface area contributed by atoms with E-state index < -0.39 is 5.43 Å². The number of benzene rings is 1. The standard InChI is InChI=1S/C21H16N4O2/c1-24-11-10-17-16(6-3-7-19(17)24)14-4-2-5-15(9-8-14)25-13-18(23-27)20(26)12-21(25)22/h2-8,12-13H,9,22H2,1H3. The normalized spacial score (nSPS) is 13.7. The minimum atomic E-state index is -0.484. The molecule has 2 aromatic heterocycles. The second kappa shape index (κ2) is 6.46. The third-order valence-corrected chi connectivity index (χ3v) is 4.63. The summed E-state index contributed by atoms with van der Waals surface area (Å²) in [5.74, 6) is 0.261. The van der Waals surface area contributed by atoms with Gasteiger partial charge in [0.05, 0.1) is 10.9 Å². The quantitative estimate of drug-likeness (QED) is 0.725. The summed E-state index contributed by atoms with van der Waals surface area (Å²) < 4.78 is 3.53. The molecule has 0 radical (unpaired) electrons. The van der Waals surface area contributed by atoms with E-state index in [1.54, 1.807) is 4.57 Å². The van der Waals surface area contributed by atoms with Crippen molar-refractivity contribution in [2.75, 3.05) is 5.73 Å². The van der Waals surface area contributed by atoms with E-state index in [0.29, 0.717) is 6.42 Å². The number of pyridine rings is 1. The van der Waals surface area contributed by atoms with Gasteiger partial charge < -0.3 is 14.9 Å². The number of rotatable bonds is 3. The largest absolute Gasteiger partial charge is 0.385 e. The van der Waals surface area contributed by atoms with Gasteiger partial charge in [0.2, 0.25) is 5.43 Å². The molecule has 0 saturated heterocycles. The number of nitrogen functional groups attached to an aromatic ring is 1. The number of nitrogens with zero attached hydrogens (tertiary/aromatic N) is 3. The highest BCUT2D eigenvalue weighted by molar-refractivity contribution is 5.94. The van der Waals surface area contributed by atoms with Crippen molar-refractivity contribution in [1.29, 1.82) is 0 Å². The molecular formula is C21H16N4O2. The molecule has 2 N–H and O–H groups in total. The monoisotopic (exact) mass is 356 g/mol. The molecule has 0 saturated carbocycles. The van der Waals surface area contributed by atoms with Gasteiger partial charge in [0, 0.05) is 37.6 Å². The molecule has 2 heterocycles. The number of fused-ring (bicyclic) bond motifs is 1. The van der Waals surface area contributed by atoms with Crippen LogP contribution in [0.4, 0.5) is 11.5 Å². The SMILES string of the molecule is Cn1c#cc2c(C3=CCC(n4cc(N=O)c(=O)cc4N)=CC=C3)cccc21.